The van der Waals surface area contributed by atoms with Gasteiger partial charge in [0.15, 0.2) is 0 Å². The first-order chi connectivity index (χ1) is 11.1. The number of aromatic nitrogens is 3. The van der Waals surface area contributed by atoms with Gasteiger partial charge < -0.3 is 19.4 Å². The number of rotatable bonds is 5. The molecule has 1 unspecified atom stereocenters. The van der Waals surface area contributed by atoms with Crippen molar-refractivity contribution < 1.29 is 9.84 Å². The third-order valence-corrected chi connectivity index (χ3v) is 3.89. The Balaban J connectivity index is 2.09. The Kier molecular flexibility index (Phi) is 4.16. The van der Waals surface area contributed by atoms with E-state index in [1.807, 2.05) is 25.1 Å². The number of hydrogen-bond acceptors (Lipinski definition) is 4. The number of aromatic amines is 1. The van der Waals surface area contributed by atoms with Gasteiger partial charge in [0.25, 0.3) is 5.56 Å². The summed E-state index contributed by atoms with van der Waals surface area (Å²) in [4.78, 5) is 19.6. The Morgan fingerprint density at radius 2 is 2.22 bits per heavy atom. The van der Waals surface area contributed by atoms with Crippen molar-refractivity contribution in [2.24, 2.45) is 0 Å². The fourth-order valence-corrected chi connectivity index (χ4v) is 2.53. The molecule has 2 N–H and O–H groups in total. The minimum Gasteiger partial charge on any atom is -0.497 e. The highest BCUT2D eigenvalue weighted by molar-refractivity contribution is 5.83. The zero-order chi connectivity index (χ0) is 16.4. The van der Waals surface area contributed by atoms with Gasteiger partial charge in [-0.3, -0.25) is 4.79 Å². The summed E-state index contributed by atoms with van der Waals surface area (Å²) < 4.78 is 6.97. The monoisotopic (exact) mass is 313 g/mol. The van der Waals surface area contributed by atoms with Crippen LogP contribution in [0.4, 0.5) is 0 Å². The molecule has 1 atom stereocenters. The lowest BCUT2D eigenvalue weighted by Gasteiger charge is -2.12. The number of aliphatic hydroxyl groups excluding tert-OH is 1. The maximum absolute atomic E-state index is 12.4. The fourth-order valence-electron chi connectivity index (χ4n) is 2.53. The maximum atomic E-state index is 12.4. The first-order valence-electron chi connectivity index (χ1n) is 7.53. The number of fused-ring (bicyclic) bond motifs is 1. The van der Waals surface area contributed by atoms with Gasteiger partial charge in [-0.1, -0.05) is 6.92 Å². The number of nitrogens with zero attached hydrogens (tertiary/aromatic N) is 2. The summed E-state index contributed by atoms with van der Waals surface area (Å²) in [5, 5.41) is 10.7. The number of hydrogen-bond donors (Lipinski definition) is 2. The lowest BCUT2D eigenvalue weighted by molar-refractivity contribution is 0.150. The van der Waals surface area contributed by atoms with Crippen LogP contribution in [-0.2, 0) is 6.54 Å². The highest BCUT2D eigenvalue weighted by atomic mass is 16.5. The summed E-state index contributed by atoms with van der Waals surface area (Å²) in [6.45, 7) is 2.32. The number of pyridine rings is 1. The Hall–Kier alpha value is -2.60. The summed E-state index contributed by atoms with van der Waals surface area (Å²) in [6, 6.07) is 7.33. The molecule has 23 heavy (non-hydrogen) atoms. The Bertz CT molecular complexity index is 882. The van der Waals surface area contributed by atoms with Gasteiger partial charge >= 0.3 is 0 Å². The molecule has 0 saturated carbocycles. The second-order valence-corrected chi connectivity index (χ2v) is 5.43. The standard InChI is InChI=1S/C17H19N3O3/c1-3-12(21)10-20-7-6-18-16(20)14-8-11-4-5-13(23-2)9-15(11)19-17(14)22/h4-9,12,21H,3,10H2,1-2H3,(H,19,22). The molecule has 0 saturated heterocycles. The molecule has 120 valence electrons. The van der Waals surface area contributed by atoms with Gasteiger partial charge in [-0.2, -0.15) is 0 Å². The third-order valence-electron chi connectivity index (χ3n) is 3.89. The van der Waals surface area contributed by atoms with Crippen LogP contribution in [0.1, 0.15) is 13.3 Å². The Morgan fingerprint density at radius 1 is 1.39 bits per heavy atom. The molecule has 3 rings (SSSR count). The molecule has 1 aromatic carbocycles. The Labute approximate surface area is 133 Å². The van der Waals surface area contributed by atoms with E-state index in [-0.39, 0.29) is 5.56 Å². The van der Waals surface area contributed by atoms with Crippen molar-refractivity contribution in [3.8, 4) is 17.1 Å². The van der Waals surface area contributed by atoms with E-state index >= 15 is 0 Å². The molecular weight excluding hydrogens is 294 g/mol. The average Bonchev–Trinajstić information content (AvgIpc) is 3.01. The molecule has 0 aliphatic carbocycles. The highest BCUT2D eigenvalue weighted by Gasteiger charge is 2.13. The van der Waals surface area contributed by atoms with Crippen molar-refractivity contribution in [3.63, 3.8) is 0 Å². The summed E-state index contributed by atoms with van der Waals surface area (Å²) in [7, 11) is 1.59. The molecule has 0 aliphatic rings. The second-order valence-electron chi connectivity index (χ2n) is 5.43. The number of ether oxygens (including phenoxy) is 1. The number of H-pyrrole nitrogens is 1. The van der Waals surface area contributed by atoms with Crippen LogP contribution in [0, 0.1) is 0 Å². The van der Waals surface area contributed by atoms with Crippen LogP contribution in [0.25, 0.3) is 22.3 Å². The molecule has 0 radical (unpaired) electrons. The fraction of sp³-hybridized carbons (Fsp3) is 0.294. The van der Waals surface area contributed by atoms with E-state index in [4.69, 9.17) is 4.74 Å². The van der Waals surface area contributed by atoms with Gasteiger partial charge in [0.1, 0.15) is 11.6 Å². The molecule has 2 aromatic heterocycles. The SMILES string of the molecule is CCC(O)Cn1ccnc1-c1cc2ccc(OC)cc2[nH]c1=O. The van der Waals surface area contributed by atoms with Gasteiger partial charge in [-0.15, -0.1) is 0 Å². The van der Waals surface area contributed by atoms with E-state index in [1.54, 1.807) is 30.1 Å². The lowest BCUT2D eigenvalue weighted by atomic mass is 10.1. The van der Waals surface area contributed by atoms with E-state index in [1.165, 1.54) is 0 Å². The van der Waals surface area contributed by atoms with Crippen LogP contribution < -0.4 is 10.3 Å². The van der Waals surface area contributed by atoms with Gasteiger partial charge in [0.05, 0.1) is 30.8 Å². The normalized spacial score (nSPS) is 12.5. The first-order valence-corrected chi connectivity index (χ1v) is 7.53. The maximum Gasteiger partial charge on any atom is 0.259 e. The van der Waals surface area contributed by atoms with E-state index in [2.05, 4.69) is 9.97 Å². The zero-order valence-electron chi connectivity index (χ0n) is 13.1. The molecule has 6 nitrogen and oxygen atoms in total. The van der Waals surface area contributed by atoms with Crippen molar-refractivity contribution in [2.75, 3.05) is 7.11 Å². The number of methoxy groups -OCH3 is 1. The van der Waals surface area contributed by atoms with Gasteiger partial charge in [0.2, 0.25) is 0 Å². The summed E-state index contributed by atoms with van der Waals surface area (Å²) >= 11 is 0. The summed E-state index contributed by atoms with van der Waals surface area (Å²) in [5.41, 5.74) is 0.977. The molecule has 0 bridgehead atoms. The van der Waals surface area contributed by atoms with Crippen molar-refractivity contribution in [3.05, 3.63) is 47.0 Å². The van der Waals surface area contributed by atoms with Gasteiger partial charge in [0, 0.05) is 18.5 Å². The quantitative estimate of drug-likeness (QED) is 0.756. The van der Waals surface area contributed by atoms with Crippen molar-refractivity contribution in [1.82, 2.24) is 14.5 Å². The van der Waals surface area contributed by atoms with E-state index < -0.39 is 6.10 Å². The summed E-state index contributed by atoms with van der Waals surface area (Å²) in [6.07, 6.45) is 3.58. The molecule has 0 fully saturated rings. The topological polar surface area (TPSA) is 80.1 Å². The minimum atomic E-state index is -0.466. The minimum absolute atomic E-state index is 0.218. The van der Waals surface area contributed by atoms with E-state index in [0.29, 0.717) is 35.6 Å². The zero-order valence-corrected chi connectivity index (χ0v) is 13.1. The van der Waals surface area contributed by atoms with Crippen molar-refractivity contribution in [1.29, 1.82) is 0 Å². The van der Waals surface area contributed by atoms with Crippen molar-refractivity contribution in [2.45, 2.75) is 26.0 Å². The number of imidazole rings is 1. The smallest absolute Gasteiger partial charge is 0.259 e. The molecule has 0 amide bonds. The molecular formula is C17H19N3O3. The van der Waals surface area contributed by atoms with E-state index in [0.717, 1.165) is 5.39 Å². The van der Waals surface area contributed by atoms with Crippen LogP contribution >= 0.6 is 0 Å². The Morgan fingerprint density at radius 3 is 2.96 bits per heavy atom. The second kappa shape index (κ2) is 6.26. The predicted octanol–water partition coefficient (Wildman–Crippen LogP) is 2.17. The molecule has 6 heteroatoms. The summed E-state index contributed by atoms with van der Waals surface area (Å²) in [5.74, 6) is 1.24. The predicted molar refractivity (Wildman–Crippen MR) is 88.6 cm³/mol. The van der Waals surface area contributed by atoms with Crippen molar-refractivity contribution >= 4 is 10.9 Å². The van der Waals surface area contributed by atoms with Crippen LogP contribution in [0.3, 0.4) is 0 Å². The van der Waals surface area contributed by atoms with Crippen LogP contribution in [0.2, 0.25) is 0 Å². The molecule has 3 aromatic rings. The third kappa shape index (κ3) is 2.98. The highest BCUT2D eigenvalue weighted by Crippen LogP contribution is 2.22. The first kappa shape index (κ1) is 15.3. The number of benzene rings is 1. The molecule has 0 spiro atoms. The van der Waals surface area contributed by atoms with Crippen LogP contribution in [-0.4, -0.2) is 32.9 Å². The van der Waals surface area contributed by atoms with E-state index in [9.17, 15) is 9.90 Å². The average molecular weight is 313 g/mol. The number of nitrogens with one attached hydrogen (secondary N) is 1. The molecule has 2 heterocycles. The van der Waals surface area contributed by atoms with Gasteiger partial charge in [-0.05, 0) is 30.0 Å². The lowest BCUT2D eigenvalue weighted by Crippen LogP contribution is -2.17. The van der Waals surface area contributed by atoms with Crippen LogP contribution in [0.15, 0.2) is 41.5 Å². The van der Waals surface area contributed by atoms with Crippen LogP contribution in [0.5, 0.6) is 5.75 Å². The van der Waals surface area contributed by atoms with Gasteiger partial charge in [-0.25, -0.2) is 4.98 Å². The molecule has 0 aliphatic heterocycles. The number of aliphatic hydroxyl groups is 1. The largest absolute Gasteiger partial charge is 0.497 e.